The normalized spacial score (nSPS) is 18.0. The summed E-state index contributed by atoms with van der Waals surface area (Å²) in [6.45, 7) is 0. The van der Waals surface area contributed by atoms with Crippen molar-refractivity contribution in [3.05, 3.63) is 82.9 Å². The average Bonchev–Trinajstić information content (AvgIpc) is 3.67. The van der Waals surface area contributed by atoms with Gasteiger partial charge in [0.15, 0.2) is 0 Å². The highest BCUT2D eigenvalue weighted by Gasteiger charge is 2.34. The minimum atomic E-state index is -0.803. The number of carboxylic acids is 1. The maximum atomic E-state index is 15.2. The maximum Gasteiger partial charge on any atom is 0.303 e. The number of carbonyl (C=O) groups is 1. The van der Waals surface area contributed by atoms with E-state index in [0.29, 0.717) is 35.0 Å². The molecule has 4 nitrogen and oxygen atoms in total. The number of rotatable bonds is 7. The Bertz CT molecular complexity index is 1240. The topological polar surface area (TPSA) is 55.8 Å². The summed E-state index contributed by atoms with van der Waals surface area (Å²) in [7, 11) is 1.50. The summed E-state index contributed by atoms with van der Waals surface area (Å²) in [4.78, 5) is 11.4. The van der Waals surface area contributed by atoms with Gasteiger partial charge in [-0.2, -0.15) is 0 Å². The Kier molecular flexibility index (Phi) is 5.98. The average molecular weight is 465 g/mol. The van der Waals surface area contributed by atoms with Crippen molar-refractivity contribution in [1.29, 1.82) is 0 Å². The molecule has 3 aromatic carbocycles. The van der Waals surface area contributed by atoms with E-state index in [1.165, 1.54) is 25.3 Å². The fourth-order valence-electron chi connectivity index (χ4n) is 4.89. The van der Waals surface area contributed by atoms with Crippen LogP contribution >= 0.6 is 0 Å². The lowest BCUT2D eigenvalue weighted by Crippen LogP contribution is -2.17. The molecule has 2 atom stereocenters. The van der Waals surface area contributed by atoms with Gasteiger partial charge in [0.1, 0.15) is 29.2 Å². The highest BCUT2D eigenvalue weighted by molar-refractivity contribution is 5.68. The molecular formula is C28H26F2O4. The van der Waals surface area contributed by atoms with Crippen molar-refractivity contribution in [3.63, 3.8) is 0 Å². The van der Waals surface area contributed by atoms with Gasteiger partial charge in [-0.1, -0.05) is 24.3 Å². The molecule has 0 bridgehead atoms. The molecular weight excluding hydrogens is 438 g/mol. The van der Waals surface area contributed by atoms with Crippen LogP contribution in [0.4, 0.5) is 8.78 Å². The van der Waals surface area contributed by atoms with Crippen LogP contribution in [-0.2, 0) is 11.2 Å². The lowest BCUT2D eigenvalue weighted by atomic mass is 9.88. The van der Waals surface area contributed by atoms with Gasteiger partial charge in [0.05, 0.1) is 13.5 Å². The molecule has 2 unspecified atom stereocenters. The molecule has 3 aromatic rings. The van der Waals surface area contributed by atoms with E-state index in [0.717, 1.165) is 30.4 Å². The SMILES string of the molecule is COc1ccc(F)c(-c2ccc(C3CCc4ccc(C(CC(=O)O)C5CC5)cc4O3)c(F)c2)c1. The molecule has 0 saturated heterocycles. The van der Waals surface area contributed by atoms with E-state index in [1.54, 1.807) is 18.2 Å². The molecule has 0 radical (unpaired) electrons. The predicted molar refractivity (Wildman–Crippen MR) is 124 cm³/mol. The highest BCUT2D eigenvalue weighted by atomic mass is 19.1. The van der Waals surface area contributed by atoms with E-state index in [-0.39, 0.29) is 17.9 Å². The second-order valence-electron chi connectivity index (χ2n) is 9.14. The van der Waals surface area contributed by atoms with E-state index < -0.39 is 23.7 Å². The first-order valence-electron chi connectivity index (χ1n) is 11.6. The number of aryl methyl sites for hydroxylation is 1. The number of hydrogen-bond donors (Lipinski definition) is 1. The number of aliphatic carboxylic acids is 1. The van der Waals surface area contributed by atoms with Gasteiger partial charge in [-0.25, -0.2) is 8.78 Å². The van der Waals surface area contributed by atoms with Gasteiger partial charge < -0.3 is 14.6 Å². The third-order valence-electron chi connectivity index (χ3n) is 6.88. The number of carboxylic acid groups (broad SMARTS) is 1. The van der Waals surface area contributed by atoms with Crippen LogP contribution in [0.2, 0.25) is 0 Å². The first kappa shape index (κ1) is 22.4. The molecule has 176 valence electrons. The summed E-state index contributed by atoms with van der Waals surface area (Å²) in [5.74, 6) is -0.150. The molecule has 5 rings (SSSR count). The highest BCUT2D eigenvalue weighted by Crippen LogP contribution is 2.46. The minimum Gasteiger partial charge on any atom is -0.497 e. The number of hydrogen-bond acceptors (Lipinski definition) is 3. The quantitative estimate of drug-likeness (QED) is 0.424. The zero-order chi connectivity index (χ0) is 23.8. The van der Waals surface area contributed by atoms with Gasteiger partial charge in [-0.3, -0.25) is 4.79 Å². The molecule has 0 amide bonds. The molecule has 2 aliphatic rings. The smallest absolute Gasteiger partial charge is 0.303 e. The molecule has 0 spiro atoms. The fraction of sp³-hybridized carbons (Fsp3) is 0.321. The number of halogens is 2. The fourth-order valence-corrected chi connectivity index (χ4v) is 4.89. The van der Waals surface area contributed by atoms with Gasteiger partial charge in [-0.05, 0) is 84.5 Å². The van der Waals surface area contributed by atoms with Crippen LogP contribution in [0.15, 0.2) is 54.6 Å². The Morgan fingerprint density at radius 3 is 2.59 bits per heavy atom. The van der Waals surface area contributed by atoms with E-state index in [1.807, 2.05) is 18.2 Å². The molecule has 0 aromatic heterocycles. The summed E-state index contributed by atoms with van der Waals surface area (Å²) in [5, 5.41) is 9.33. The standard InChI is InChI=1S/C28H26F2O4/c1-33-20-8-10-24(29)23(14-20)18-6-9-21(25(30)12-18)26-11-7-17-4-5-19(13-27(17)34-26)22(15-28(31)32)16-2-3-16/h4-6,8-10,12-14,16,22,26H,2-3,7,11,15H2,1H3,(H,31,32). The summed E-state index contributed by atoms with van der Waals surface area (Å²) >= 11 is 0. The van der Waals surface area contributed by atoms with Crippen molar-refractivity contribution in [2.75, 3.05) is 7.11 Å². The minimum absolute atomic E-state index is 0.0273. The van der Waals surface area contributed by atoms with E-state index in [9.17, 15) is 14.3 Å². The van der Waals surface area contributed by atoms with E-state index >= 15 is 4.39 Å². The molecule has 1 saturated carbocycles. The van der Waals surface area contributed by atoms with Crippen LogP contribution in [-0.4, -0.2) is 18.2 Å². The second-order valence-corrected chi connectivity index (χ2v) is 9.14. The van der Waals surface area contributed by atoms with Gasteiger partial charge in [-0.15, -0.1) is 0 Å². The second kappa shape index (κ2) is 9.09. The van der Waals surface area contributed by atoms with Gasteiger partial charge in [0, 0.05) is 11.1 Å². The zero-order valence-electron chi connectivity index (χ0n) is 18.9. The molecule has 34 heavy (non-hydrogen) atoms. The largest absolute Gasteiger partial charge is 0.497 e. The van der Waals surface area contributed by atoms with Gasteiger partial charge >= 0.3 is 5.97 Å². The molecule has 1 heterocycles. The van der Waals surface area contributed by atoms with Gasteiger partial charge in [0.25, 0.3) is 0 Å². The third kappa shape index (κ3) is 4.49. The van der Waals surface area contributed by atoms with Crippen LogP contribution in [0.3, 0.4) is 0 Å². The van der Waals surface area contributed by atoms with Crippen LogP contribution in [0.5, 0.6) is 11.5 Å². The molecule has 6 heteroatoms. The first-order valence-corrected chi connectivity index (χ1v) is 11.6. The summed E-state index contributed by atoms with van der Waals surface area (Å²) in [5.41, 5.74) is 3.13. The van der Waals surface area contributed by atoms with Crippen LogP contribution in [0.25, 0.3) is 11.1 Å². The molecule has 1 N–H and O–H groups in total. The van der Waals surface area contributed by atoms with Gasteiger partial charge in [0.2, 0.25) is 0 Å². The molecule has 1 fully saturated rings. The van der Waals surface area contributed by atoms with Crippen molar-refractivity contribution >= 4 is 5.97 Å². The lowest BCUT2D eigenvalue weighted by molar-refractivity contribution is -0.137. The monoisotopic (exact) mass is 464 g/mol. The van der Waals surface area contributed by atoms with Crippen molar-refractivity contribution < 1.29 is 28.2 Å². The number of methoxy groups -OCH3 is 1. The maximum absolute atomic E-state index is 15.2. The third-order valence-corrected chi connectivity index (χ3v) is 6.88. The van der Waals surface area contributed by atoms with Crippen LogP contribution in [0.1, 0.15) is 54.4 Å². The Morgan fingerprint density at radius 2 is 1.88 bits per heavy atom. The number of benzene rings is 3. The zero-order valence-corrected chi connectivity index (χ0v) is 18.9. The summed E-state index contributed by atoms with van der Waals surface area (Å²) in [6.07, 6.45) is 3.08. The summed E-state index contributed by atoms with van der Waals surface area (Å²) in [6, 6.07) is 15.0. The first-order chi connectivity index (χ1) is 16.4. The van der Waals surface area contributed by atoms with Crippen molar-refractivity contribution in [2.24, 2.45) is 5.92 Å². The van der Waals surface area contributed by atoms with Crippen molar-refractivity contribution in [2.45, 2.75) is 44.1 Å². The molecule has 1 aliphatic heterocycles. The molecule has 1 aliphatic carbocycles. The number of fused-ring (bicyclic) bond motifs is 1. The Hall–Kier alpha value is -3.41. The lowest BCUT2D eigenvalue weighted by Gasteiger charge is -2.28. The van der Waals surface area contributed by atoms with Crippen molar-refractivity contribution in [1.82, 2.24) is 0 Å². The summed E-state index contributed by atoms with van der Waals surface area (Å²) < 4.78 is 40.9. The van der Waals surface area contributed by atoms with E-state index in [2.05, 4.69) is 0 Å². The van der Waals surface area contributed by atoms with E-state index in [4.69, 9.17) is 9.47 Å². The number of ether oxygens (including phenoxy) is 2. The Labute approximate surface area is 197 Å². The Morgan fingerprint density at radius 1 is 1.06 bits per heavy atom. The van der Waals surface area contributed by atoms with Crippen LogP contribution in [0, 0.1) is 17.6 Å². The van der Waals surface area contributed by atoms with Crippen LogP contribution < -0.4 is 9.47 Å². The predicted octanol–water partition coefficient (Wildman–Crippen LogP) is 6.68. The van der Waals surface area contributed by atoms with Crippen molar-refractivity contribution in [3.8, 4) is 22.6 Å². The Balaban J connectivity index is 1.40.